The van der Waals surface area contributed by atoms with Gasteiger partial charge in [0.05, 0.1) is 12.5 Å². The first kappa shape index (κ1) is 15.2. The second-order valence-corrected chi connectivity index (χ2v) is 4.97. The fraction of sp³-hybridized carbons (Fsp3) is 0.235. The molecule has 0 saturated heterocycles. The molecule has 4 N–H and O–H groups in total. The highest BCUT2D eigenvalue weighted by Crippen LogP contribution is 2.13. The van der Waals surface area contributed by atoms with Gasteiger partial charge in [0.1, 0.15) is 0 Å². The van der Waals surface area contributed by atoms with E-state index >= 15 is 0 Å². The highest BCUT2D eigenvalue weighted by atomic mass is 16.3. The first-order valence-electron chi connectivity index (χ1n) is 6.97. The van der Waals surface area contributed by atoms with E-state index in [0.29, 0.717) is 18.7 Å². The lowest BCUT2D eigenvalue weighted by Crippen LogP contribution is -2.31. The molecule has 21 heavy (non-hydrogen) atoms. The monoisotopic (exact) mass is 284 g/mol. The van der Waals surface area contributed by atoms with Gasteiger partial charge in [-0.05, 0) is 29.7 Å². The lowest BCUT2D eigenvalue weighted by molar-refractivity contribution is -0.119. The van der Waals surface area contributed by atoms with Gasteiger partial charge < -0.3 is 16.2 Å². The van der Waals surface area contributed by atoms with Crippen LogP contribution in [0.25, 0.3) is 0 Å². The van der Waals surface area contributed by atoms with Crippen LogP contribution in [0.4, 0.5) is 5.69 Å². The smallest absolute Gasteiger partial charge is 0.229 e. The Morgan fingerprint density at radius 3 is 2.29 bits per heavy atom. The van der Waals surface area contributed by atoms with Crippen molar-refractivity contribution in [1.29, 1.82) is 0 Å². The second-order valence-electron chi connectivity index (χ2n) is 4.97. The number of nitrogens with two attached hydrogens (primary N) is 1. The van der Waals surface area contributed by atoms with Crippen molar-refractivity contribution in [3.8, 4) is 0 Å². The van der Waals surface area contributed by atoms with Crippen molar-refractivity contribution in [2.75, 3.05) is 11.9 Å². The number of carbonyl (C=O) groups excluding carboxylic acids is 1. The van der Waals surface area contributed by atoms with Gasteiger partial charge in [-0.15, -0.1) is 0 Å². The zero-order valence-electron chi connectivity index (χ0n) is 11.8. The van der Waals surface area contributed by atoms with E-state index in [1.54, 1.807) is 24.3 Å². The van der Waals surface area contributed by atoms with Crippen LogP contribution < -0.4 is 11.1 Å². The van der Waals surface area contributed by atoms with Gasteiger partial charge in [-0.1, -0.05) is 42.5 Å². The molecule has 1 atom stereocenters. The van der Waals surface area contributed by atoms with E-state index in [-0.39, 0.29) is 18.4 Å². The Morgan fingerprint density at radius 1 is 1.05 bits per heavy atom. The normalized spacial score (nSPS) is 11.9. The van der Waals surface area contributed by atoms with Crippen LogP contribution in [-0.2, 0) is 17.8 Å². The summed E-state index contributed by atoms with van der Waals surface area (Å²) in [7, 11) is 0. The molecule has 110 valence electrons. The highest BCUT2D eigenvalue weighted by molar-refractivity contribution is 5.92. The standard InChI is InChI=1S/C17H20N2O2/c18-11-15(10-13-4-2-1-3-5-13)17(21)19-16-8-6-14(12-20)7-9-16/h1-9,15,20H,10-12,18H2,(H,19,21). The fourth-order valence-corrected chi connectivity index (χ4v) is 2.12. The van der Waals surface area contributed by atoms with E-state index in [2.05, 4.69) is 5.32 Å². The number of aliphatic hydroxyl groups is 1. The molecule has 0 aliphatic rings. The van der Waals surface area contributed by atoms with Gasteiger partial charge in [-0.25, -0.2) is 0 Å². The molecule has 4 nitrogen and oxygen atoms in total. The van der Waals surface area contributed by atoms with Crippen LogP contribution >= 0.6 is 0 Å². The molecule has 0 fully saturated rings. The van der Waals surface area contributed by atoms with E-state index < -0.39 is 0 Å². The first-order valence-corrected chi connectivity index (χ1v) is 6.97. The van der Waals surface area contributed by atoms with Crippen LogP contribution in [0, 0.1) is 5.92 Å². The first-order chi connectivity index (χ1) is 10.2. The van der Waals surface area contributed by atoms with Crippen LogP contribution in [0.15, 0.2) is 54.6 Å². The molecule has 1 amide bonds. The molecule has 0 aromatic heterocycles. The van der Waals surface area contributed by atoms with Crippen molar-refractivity contribution in [1.82, 2.24) is 0 Å². The number of aliphatic hydroxyl groups excluding tert-OH is 1. The lowest BCUT2D eigenvalue weighted by Gasteiger charge is -2.15. The molecular formula is C17H20N2O2. The van der Waals surface area contributed by atoms with Crippen LogP contribution in [-0.4, -0.2) is 17.6 Å². The summed E-state index contributed by atoms with van der Waals surface area (Å²) in [5.41, 5.74) is 8.35. The maximum atomic E-state index is 12.3. The Hall–Kier alpha value is -2.17. The third kappa shape index (κ3) is 4.41. The number of anilines is 1. The maximum absolute atomic E-state index is 12.3. The second kappa shape index (κ2) is 7.57. The van der Waals surface area contributed by atoms with E-state index in [9.17, 15) is 4.79 Å². The Labute approximate surface area is 124 Å². The minimum Gasteiger partial charge on any atom is -0.392 e. The average molecular weight is 284 g/mol. The van der Waals surface area contributed by atoms with E-state index in [1.165, 1.54) is 0 Å². The van der Waals surface area contributed by atoms with Crippen molar-refractivity contribution in [3.63, 3.8) is 0 Å². The van der Waals surface area contributed by atoms with Crippen molar-refractivity contribution >= 4 is 11.6 Å². The van der Waals surface area contributed by atoms with E-state index in [4.69, 9.17) is 10.8 Å². The van der Waals surface area contributed by atoms with E-state index in [1.807, 2.05) is 30.3 Å². The predicted molar refractivity (Wildman–Crippen MR) is 83.7 cm³/mol. The summed E-state index contributed by atoms with van der Waals surface area (Å²) in [6.45, 7) is 0.295. The van der Waals surface area contributed by atoms with Crippen molar-refractivity contribution in [2.45, 2.75) is 13.0 Å². The summed E-state index contributed by atoms with van der Waals surface area (Å²) in [6, 6.07) is 17.0. The Morgan fingerprint density at radius 2 is 1.71 bits per heavy atom. The highest BCUT2D eigenvalue weighted by Gasteiger charge is 2.17. The molecule has 0 saturated carbocycles. The molecule has 0 spiro atoms. The molecular weight excluding hydrogens is 264 g/mol. The lowest BCUT2D eigenvalue weighted by atomic mass is 9.98. The number of hydrogen-bond acceptors (Lipinski definition) is 3. The minimum absolute atomic E-state index is 0.00629. The van der Waals surface area contributed by atoms with Gasteiger partial charge in [0, 0.05) is 12.2 Å². The van der Waals surface area contributed by atoms with Gasteiger partial charge in [-0.2, -0.15) is 0 Å². The summed E-state index contributed by atoms with van der Waals surface area (Å²) in [5.74, 6) is -0.344. The largest absolute Gasteiger partial charge is 0.392 e. The van der Waals surface area contributed by atoms with Crippen molar-refractivity contribution < 1.29 is 9.90 Å². The number of benzene rings is 2. The molecule has 0 radical (unpaired) electrons. The fourth-order valence-electron chi connectivity index (χ4n) is 2.12. The zero-order chi connectivity index (χ0) is 15.1. The van der Waals surface area contributed by atoms with Crippen LogP contribution in [0.3, 0.4) is 0 Å². The molecule has 4 heteroatoms. The Balaban J connectivity index is 1.99. The summed E-state index contributed by atoms with van der Waals surface area (Å²) in [5, 5.41) is 11.9. The number of nitrogens with one attached hydrogen (secondary N) is 1. The van der Waals surface area contributed by atoms with Gasteiger partial charge in [0.15, 0.2) is 0 Å². The summed E-state index contributed by atoms with van der Waals surface area (Å²) in [6.07, 6.45) is 0.623. The minimum atomic E-state index is -0.259. The molecule has 0 aliphatic heterocycles. The van der Waals surface area contributed by atoms with Crippen LogP contribution in [0.5, 0.6) is 0 Å². The van der Waals surface area contributed by atoms with E-state index in [0.717, 1.165) is 11.1 Å². The maximum Gasteiger partial charge on any atom is 0.229 e. The summed E-state index contributed by atoms with van der Waals surface area (Å²) in [4.78, 5) is 12.3. The Bertz CT molecular complexity index is 567. The quantitative estimate of drug-likeness (QED) is 0.758. The topological polar surface area (TPSA) is 75.4 Å². The molecule has 2 rings (SSSR count). The third-order valence-corrected chi connectivity index (χ3v) is 3.38. The molecule has 2 aromatic carbocycles. The molecule has 0 bridgehead atoms. The summed E-state index contributed by atoms with van der Waals surface area (Å²) < 4.78 is 0. The van der Waals surface area contributed by atoms with Crippen LogP contribution in [0.2, 0.25) is 0 Å². The van der Waals surface area contributed by atoms with Gasteiger partial charge in [0.2, 0.25) is 5.91 Å². The summed E-state index contributed by atoms with van der Waals surface area (Å²) >= 11 is 0. The number of carbonyl (C=O) groups is 1. The van der Waals surface area contributed by atoms with Crippen molar-refractivity contribution in [2.24, 2.45) is 11.7 Å². The zero-order valence-corrected chi connectivity index (χ0v) is 11.8. The van der Waals surface area contributed by atoms with Crippen LogP contribution in [0.1, 0.15) is 11.1 Å². The predicted octanol–water partition coefficient (Wildman–Crippen LogP) is 1.94. The molecule has 0 heterocycles. The third-order valence-electron chi connectivity index (χ3n) is 3.38. The number of rotatable bonds is 6. The molecule has 0 aliphatic carbocycles. The number of hydrogen-bond donors (Lipinski definition) is 3. The van der Waals surface area contributed by atoms with Gasteiger partial charge in [-0.3, -0.25) is 4.79 Å². The van der Waals surface area contributed by atoms with Gasteiger partial charge in [0.25, 0.3) is 0 Å². The molecule has 1 unspecified atom stereocenters. The van der Waals surface area contributed by atoms with Crippen molar-refractivity contribution in [3.05, 3.63) is 65.7 Å². The molecule has 2 aromatic rings. The van der Waals surface area contributed by atoms with Gasteiger partial charge >= 0.3 is 0 Å². The number of amides is 1. The Kier molecular flexibility index (Phi) is 5.49. The average Bonchev–Trinajstić information content (AvgIpc) is 2.54. The SMILES string of the molecule is NCC(Cc1ccccc1)C(=O)Nc1ccc(CO)cc1.